The molecule has 0 fully saturated rings. The number of guanidine groups is 1. The molecule has 3 rings (SSSR count). The molecule has 2 N–H and O–H groups in total. The van der Waals surface area contributed by atoms with Gasteiger partial charge in [0.25, 0.3) is 0 Å². The number of para-hydroxylation sites is 1. The molecule has 8 nitrogen and oxygen atoms in total. The Balaban J connectivity index is 0.00000341. The smallest absolute Gasteiger partial charge is 0.350 e. The van der Waals surface area contributed by atoms with Crippen LogP contribution in [0.1, 0.15) is 46.0 Å². The molecule has 0 aliphatic heterocycles. The van der Waals surface area contributed by atoms with Gasteiger partial charge in [-0.15, -0.1) is 35.3 Å². The number of benzene rings is 1. The van der Waals surface area contributed by atoms with Gasteiger partial charge < -0.3 is 15.4 Å². The van der Waals surface area contributed by atoms with E-state index in [4.69, 9.17) is 4.74 Å². The van der Waals surface area contributed by atoms with Crippen molar-refractivity contribution in [1.82, 2.24) is 25.4 Å². The standard InChI is InChI=1S/C21H26N6O2S.HI/c1-5-29-20(28)18-14(2)24-19(30-18)15(3)25-21(22-4)23-13-16-11-12-27(26-16)17-9-7-6-8-10-17;/h6-12,15H,5,13H2,1-4H3,(H2,22,23,25);1H. The van der Waals surface area contributed by atoms with Gasteiger partial charge >= 0.3 is 5.97 Å². The molecule has 0 aliphatic rings. The van der Waals surface area contributed by atoms with Crippen LogP contribution in [-0.2, 0) is 11.3 Å². The first-order valence-corrected chi connectivity index (χ1v) is 10.5. The van der Waals surface area contributed by atoms with E-state index in [9.17, 15) is 4.79 Å². The minimum Gasteiger partial charge on any atom is -0.462 e. The Morgan fingerprint density at radius 2 is 2.03 bits per heavy atom. The molecule has 0 bridgehead atoms. The highest BCUT2D eigenvalue weighted by Gasteiger charge is 2.20. The Hall–Kier alpha value is -2.47. The van der Waals surface area contributed by atoms with Gasteiger partial charge in [-0.3, -0.25) is 4.99 Å². The molecule has 1 unspecified atom stereocenters. The molecule has 166 valence electrons. The van der Waals surface area contributed by atoms with Crippen LogP contribution in [0.3, 0.4) is 0 Å². The third-order valence-electron chi connectivity index (χ3n) is 4.32. The molecule has 1 aromatic carbocycles. The normalized spacial score (nSPS) is 12.1. The van der Waals surface area contributed by atoms with Crippen molar-refractivity contribution in [1.29, 1.82) is 0 Å². The quantitative estimate of drug-likeness (QED) is 0.200. The van der Waals surface area contributed by atoms with Crippen LogP contribution in [0.25, 0.3) is 5.69 Å². The van der Waals surface area contributed by atoms with Crippen LogP contribution < -0.4 is 10.6 Å². The summed E-state index contributed by atoms with van der Waals surface area (Å²) >= 11 is 1.34. The fourth-order valence-corrected chi connectivity index (χ4v) is 3.77. The third-order valence-corrected chi connectivity index (χ3v) is 5.64. The van der Waals surface area contributed by atoms with Crippen molar-refractivity contribution in [2.45, 2.75) is 33.4 Å². The summed E-state index contributed by atoms with van der Waals surface area (Å²) in [6.45, 7) is 6.45. The van der Waals surface area contributed by atoms with E-state index >= 15 is 0 Å². The minimum atomic E-state index is -0.331. The van der Waals surface area contributed by atoms with Crippen LogP contribution in [0.15, 0.2) is 47.6 Å². The predicted molar refractivity (Wildman–Crippen MR) is 134 cm³/mol. The maximum Gasteiger partial charge on any atom is 0.350 e. The number of halogens is 1. The highest BCUT2D eigenvalue weighted by atomic mass is 127. The molecular formula is C21H27IN6O2S. The molecule has 0 amide bonds. The number of esters is 1. The maximum absolute atomic E-state index is 12.0. The summed E-state index contributed by atoms with van der Waals surface area (Å²) in [6, 6.07) is 11.8. The van der Waals surface area contributed by atoms with Crippen LogP contribution in [-0.4, -0.2) is 40.3 Å². The van der Waals surface area contributed by atoms with Crippen molar-refractivity contribution in [2.75, 3.05) is 13.7 Å². The van der Waals surface area contributed by atoms with E-state index in [0.29, 0.717) is 29.7 Å². The summed E-state index contributed by atoms with van der Waals surface area (Å²) in [6.07, 6.45) is 1.93. The molecule has 0 saturated heterocycles. The van der Waals surface area contributed by atoms with E-state index in [1.165, 1.54) is 11.3 Å². The van der Waals surface area contributed by atoms with Gasteiger partial charge in [0.1, 0.15) is 9.88 Å². The molecule has 0 aliphatic carbocycles. The van der Waals surface area contributed by atoms with Gasteiger partial charge in [-0.25, -0.2) is 14.5 Å². The van der Waals surface area contributed by atoms with E-state index in [2.05, 4.69) is 25.7 Å². The number of carbonyl (C=O) groups excluding carboxylic acids is 1. The van der Waals surface area contributed by atoms with Crippen molar-refractivity contribution in [3.8, 4) is 5.69 Å². The number of hydrogen-bond acceptors (Lipinski definition) is 6. The molecule has 10 heteroatoms. The van der Waals surface area contributed by atoms with Gasteiger partial charge in [-0.1, -0.05) is 18.2 Å². The van der Waals surface area contributed by atoms with E-state index in [1.807, 2.05) is 61.1 Å². The van der Waals surface area contributed by atoms with Crippen LogP contribution in [0.4, 0.5) is 0 Å². The first-order valence-electron chi connectivity index (χ1n) is 9.73. The van der Waals surface area contributed by atoms with Crippen LogP contribution in [0.2, 0.25) is 0 Å². The number of ether oxygens (including phenoxy) is 1. The number of rotatable bonds is 7. The van der Waals surface area contributed by atoms with Gasteiger partial charge in [0.05, 0.1) is 36.3 Å². The minimum absolute atomic E-state index is 0. The maximum atomic E-state index is 12.0. The summed E-state index contributed by atoms with van der Waals surface area (Å²) in [7, 11) is 1.71. The first-order chi connectivity index (χ1) is 14.5. The summed E-state index contributed by atoms with van der Waals surface area (Å²) in [5.41, 5.74) is 2.58. The van der Waals surface area contributed by atoms with Crippen molar-refractivity contribution in [3.63, 3.8) is 0 Å². The second-order valence-electron chi connectivity index (χ2n) is 6.57. The second-order valence-corrected chi connectivity index (χ2v) is 7.60. The van der Waals surface area contributed by atoms with E-state index in [1.54, 1.807) is 14.0 Å². The zero-order chi connectivity index (χ0) is 21.5. The molecule has 2 aromatic heterocycles. The topological polar surface area (TPSA) is 93.4 Å². The molecule has 0 spiro atoms. The van der Waals surface area contributed by atoms with E-state index in [0.717, 1.165) is 16.4 Å². The van der Waals surface area contributed by atoms with Gasteiger partial charge in [0.15, 0.2) is 5.96 Å². The highest BCUT2D eigenvalue weighted by molar-refractivity contribution is 14.0. The first kappa shape index (κ1) is 24.8. The number of hydrogen-bond donors (Lipinski definition) is 2. The third kappa shape index (κ3) is 6.50. The average molecular weight is 554 g/mol. The summed E-state index contributed by atoms with van der Waals surface area (Å²) < 4.78 is 6.93. The molecule has 1 atom stereocenters. The lowest BCUT2D eigenvalue weighted by atomic mass is 10.3. The Kier molecular flexibility index (Phi) is 9.44. The molecule has 2 heterocycles. The Morgan fingerprint density at radius 1 is 1.29 bits per heavy atom. The zero-order valence-corrected chi connectivity index (χ0v) is 21.1. The van der Waals surface area contributed by atoms with Crippen molar-refractivity contribution in [2.24, 2.45) is 4.99 Å². The predicted octanol–water partition coefficient (Wildman–Crippen LogP) is 3.86. The average Bonchev–Trinajstić information content (AvgIpc) is 3.38. The molecular weight excluding hydrogens is 527 g/mol. The lowest BCUT2D eigenvalue weighted by molar-refractivity contribution is 0.0531. The van der Waals surface area contributed by atoms with Gasteiger partial charge in [-0.2, -0.15) is 5.10 Å². The Morgan fingerprint density at radius 3 is 2.71 bits per heavy atom. The van der Waals surface area contributed by atoms with Crippen LogP contribution >= 0.6 is 35.3 Å². The fourth-order valence-electron chi connectivity index (χ4n) is 2.80. The number of aromatic nitrogens is 3. The Labute approximate surface area is 203 Å². The molecule has 0 saturated carbocycles. The number of nitrogens with zero attached hydrogens (tertiary/aromatic N) is 4. The lowest BCUT2D eigenvalue weighted by Gasteiger charge is -2.15. The highest BCUT2D eigenvalue weighted by Crippen LogP contribution is 2.24. The van der Waals surface area contributed by atoms with Crippen molar-refractivity contribution in [3.05, 3.63) is 63.9 Å². The summed E-state index contributed by atoms with van der Waals surface area (Å²) in [5.74, 6) is 0.296. The monoisotopic (exact) mass is 554 g/mol. The van der Waals surface area contributed by atoms with E-state index < -0.39 is 0 Å². The van der Waals surface area contributed by atoms with Crippen molar-refractivity contribution < 1.29 is 9.53 Å². The molecule has 31 heavy (non-hydrogen) atoms. The summed E-state index contributed by atoms with van der Waals surface area (Å²) in [4.78, 5) is 21.3. The van der Waals surface area contributed by atoms with Crippen LogP contribution in [0.5, 0.6) is 0 Å². The number of nitrogens with one attached hydrogen (secondary N) is 2. The van der Waals surface area contributed by atoms with Gasteiger partial charge in [-0.05, 0) is 39.0 Å². The number of aryl methyl sites for hydroxylation is 1. The van der Waals surface area contributed by atoms with E-state index in [-0.39, 0.29) is 36.0 Å². The SMILES string of the molecule is CCOC(=O)c1sc(C(C)NC(=NC)NCc2ccn(-c3ccccc3)n2)nc1C.I. The molecule has 3 aromatic rings. The lowest BCUT2D eigenvalue weighted by Crippen LogP contribution is -2.38. The summed E-state index contributed by atoms with van der Waals surface area (Å²) in [5, 5.41) is 12.0. The number of carbonyl (C=O) groups is 1. The fraction of sp³-hybridized carbons (Fsp3) is 0.333. The number of thiazole rings is 1. The number of aliphatic imine (C=N–C) groups is 1. The second kappa shape index (κ2) is 11.8. The molecule has 0 radical (unpaired) electrons. The van der Waals surface area contributed by atoms with Gasteiger partial charge in [0.2, 0.25) is 0 Å². The zero-order valence-electron chi connectivity index (χ0n) is 18.0. The Bertz CT molecular complexity index is 1020. The van der Waals surface area contributed by atoms with Crippen LogP contribution in [0, 0.1) is 6.92 Å². The van der Waals surface area contributed by atoms with Gasteiger partial charge in [0, 0.05) is 13.2 Å². The largest absolute Gasteiger partial charge is 0.462 e. The van der Waals surface area contributed by atoms with Crippen molar-refractivity contribution >= 4 is 47.2 Å².